The second-order valence-corrected chi connectivity index (χ2v) is 6.80. The zero-order chi connectivity index (χ0) is 13.7. The van der Waals surface area contributed by atoms with Gasteiger partial charge in [0.05, 0.1) is 6.61 Å². The van der Waals surface area contributed by atoms with Crippen molar-refractivity contribution >= 4 is 0 Å². The van der Waals surface area contributed by atoms with Crippen LogP contribution < -0.4 is 5.32 Å². The molecule has 0 aromatic carbocycles. The quantitative estimate of drug-likeness (QED) is 0.775. The second kappa shape index (κ2) is 7.02. The summed E-state index contributed by atoms with van der Waals surface area (Å²) in [5.41, 5.74) is 0.356. The van der Waals surface area contributed by atoms with Gasteiger partial charge in [-0.1, -0.05) is 13.8 Å². The minimum Gasteiger partial charge on any atom is -0.381 e. The molecule has 0 spiro atoms. The fourth-order valence-electron chi connectivity index (χ4n) is 3.47. The molecule has 0 amide bonds. The lowest BCUT2D eigenvalue weighted by Gasteiger charge is -2.40. The van der Waals surface area contributed by atoms with Crippen molar-refractivity contribution in [2.75, 3.05) is 66.1 Å². The Kier molecular flexibility index (Phi) is 5.63. The van der Waals surface area contributed by atoms with Crippen LogP contribution in [-0.4, -0.2) is 75.9 Å². The van der Waals surface area contributed by atoms with Crippen LogP contribution in [0.5, 0.6) is 0 Å². The van der Waals surface area contributed by atoms with Crippen molar-refractivity contribution < 1.29 is 4.74 Å². The maximum absolute atomic E-state index is 5.65. The summed E-state index contributed by atoms with van der Waals surface area (Å²) in [4.78, 5) is 5.25. The summed E-state index contributed by atoms with van der Waals surface area (Å²) >= 11 is 0. The van der Waals surface area contributed by atoms with Gasteiger partial charge < -0.3 is 19.9 Å². The molecule has 2 rings (SSSR count). The van der Waals surface area contributed by atoms with Crippen molar-refractivity contribution in [3.05, 3.63) is 0 Å². The maximum Gasteiger partial charge on any atom is 0.0547 e. The van der Waals surface area contributed by atoms with Crippen LogP contribution in [0.15, 0.2) is 0 Å². The van der Waals surface area contributed by atoms with E-state index < -0.39 is 0 Å². The van der Waals surface area contributed by atoms with Gasteiger partial charge in [0.15, 0.2) is 0 Å². The molecule has 4 heteroatoms. The summed E-state index contributed by atoms with van der Waals surface area (Å²) in [6.07, 6.45) is 1.21. The monoisotopic (exact) mass is 269 g/mol. The van der Waals surface area contributed by atoms with Crippen LogP contribution in [-0.2, 0) is 4.74 Å². The molecule has 0 bridgehead atoms. The lowest BCUT2D eigenvalue weighted by molar-refractivity contribution is 0.0683. The molecule has 112 valence electrons. The van der Waals surface area contributed by atoms with Gasteiger partial charge in [-0.3, -0.25) is 0 Å². The van der Waals surface area contributed by atoms with E-state index in [1.165, 1.54) is 45.7 Å². The predicted octanol–water partition coefficient (Wildman–Crippen LogP) is 0.886. The van der Waals surface area contributed by atoms with E-state index in [4.69, 9.17) is 4.74 Å². The highest BCUT2D eigenvalue weighted by atomic mass is 16.5. The number of nitrogens with zero attached hydrogens (tertiary/aromatic N) is 2. The Morgan fingerprint density at radius 1 is 1.16 bits per heavy atom. The van der Waals surface area contributed by atoms with E-state index in [1.807, 2.05) is 0 Å². The van der Waals surface area contributed by atoms with Gasteiger partial charge in [-0.2, -0.15) is 0 Å². The smallest absolute Gasteiger partial charge is 0.0547 e. The number of rotatable bonds is 6. The molecule has 0 aromatic rings. The van der Waals surface area contributed by atoms with Crippen molar-refractivity contribution in [1.82, 2.24) is 15.1 Å². The topological polar surface area (TPSA) is 27.7 Å². The number of hydrogen-bond donors (Lipinski definition) is 1. The SMILES string of the molecule is CNCC1(CN2CCN(CC(C)C)CC2)CCOC1. The number of nitrogens with one attached hydrogen (secondary N) is 1. The first-order valence-electron chi connectivity index (χ1n) is 7.81. The molecule has 1 N–H and O–H groups in total. The summed E-state index contributed by atoms with van der Waals surface area (Å²) < 4.78 is 5.65. The van der Waals surface area contributed by atoms with Crippen LogP contribution in [0.3, 0.4) is 0 Å². The van der Waals surface area contributed by atoms with Crippen molar-refractivity contribution in [1.29, 1.82) is 0 Å². The Hall–Kier alpha value is -0.160. The average molecular weight is 269 g/mol. The summed E-state index contributed by atoms with van der Waals surface area (Å²) in [6, 6.07) is 0. The fraction of sp³-hybridized carbons (Fsp3) is 1.00. The van der Waals surface area contributed by atoms with Crippen molar-refractivity contribution in [2.24, 2.45) is 11.3 Å². The molecule has 1 unspecified atom stereocenters. The molecule has 4 nitrogen and oxygen atoms in total. The van der Waals surface area contributed by atoms with E-state index in [-0.39, 0.29) is 0 Å². The van der Waals surface area contributed by atoms with Gasteiger partial charge in [-0.15, -0.1) is 0 Å². The zero-order valence-corrected chi connectivity index (χ0v) is 13.0. The van der Waals surface area contributed by atoms with E-state index >= 15 is 0 Å². The maximum atomic E-state index is 5.65. The molecule has 2 aliphatic heterocycles. The van der Waals surface area contributed by atoms with Gasteiger partial charge in [0.25, 0.3) is 0 Å². The number of hydrogen-bond acceptors (Lipinski definition) is 4. The normalized spacial score (nSPS) is 30.3. The molecule has 0 saturated carbocycles. The molecule has 0 aliphatic carbocycles. The Balaban J connectivity index is 1.78. The average Bonchev–Trinajstić information content (AvgIpc) is 2.80. The van der Waals surface area contributed by atoms with Gasteiger partial charge in [-0.05, 0) is 19.4 Å². The van der Waals surface area contributed by atoms with Gasteiger partial charge in [0.2, 0.25) is 0 Å². The standard InChI is InChI=1S/C15H31N3O/c1-14(2)10-17-5-7-18(8-6-17)12-15(11-16-3)4-9-19-13-15/h14,16H,4-13H2,1-3H3. The van der Waals surface area contributed by atoms with E-state index in [2.05, 4.69) is 36.0 Å². The molecule has 2 heterocycles. The first-order chi connectivity index (χ1) is 9.13. The summed E-state index contributed by atoms with van der Waals surface area (Å²) in [5.74, 6) is 0.783. The predicted molar refractivity (Wildman–Crippen MR) is 79.5 cm³/mol. The molecular formula is C15H31N3O. The third-order valence-corrected chi connectivity index (χ3v) is 4.38. The van der Waals surface area contributed by atoms with Crippen molar-refractivity contribution in [3.8, 4) is 0 Å². The Bertz CT molecular complexity index is 256. The van der Waals surface area contributed by atoms with Crippen molar-refractivity contribution in [2.45, 2.75) is 20.3 Å². The zero-order valence-electron chi connectivity index (χ0n) is 13.0. The molecular weight excluding hydrogens is 238 g/mol. The summed E-state index contributed by atoms with van der Waals surface area (Å²) in [5, 5.41) is 3.36. The number of ether oxygens (including phenoxy) is 1. The molecule has 2 saturated heterocycles. The number of piperazine rings is 1. The highest BCUT2D eigenvalue weighted by molar-refractivity contribution is 4.89. The van der Waals surface area contributed by atoms with Crippen LogP contribution in [0, 0.1) is 11.3 Å². The van der Waals surface area contributed by atoms with Gasteiger partial charge in [-0.25, -0.2) is 0 Å². The van der Waals surface area contributed by atoms with Crippen LogP contribution in [0.25, 0.3) is 0 Å². The van der Waals surface area contributed by atoms with E-state index in [0.717, 1.165) is 25.7 Å². The summed E-state index contributed by atoms with van der Waals surface area (Å²) in [7, 11) is 2.06. The highest BCUT2D eigenvalue weighted by Gasteiger charge is 2.36. The third kappa shape index (κ3) is 4.42. The Labute approximate surface area is 118 Å². The minimum absolute atomic E-state index is 0.356. The molecule has 1 atom stereocenters. The van der Waals surface area contributed by atoms with Crippen LogP contribution in [0.4, 0.5) is 0 Å². The Morgan fingerprint density at radius 3 is 2.37 bits per heavy atom. The van der Waals surface area contributed by atoms with E-state index in [1.54, 1.807) is 0 Å². The molecule has 0 aromatic heterocycles. The van der Waals surface area contributed by atoms with Crippen LogP contribution in [0.2, 0.25) is 0 Å². The first kappa shape index (κ1) is 15.2. The van der Waals surface area contributed by atoms with Gasteiger partial charge in [0.1, 0.15) is 0 Å². The largest absolute Gasteiger partial charge is 0.381 e. The van der Waals surface area contributed by atoms with Crippen LogP contribution in [0.1, 0.15) is 20.3 Å². The highest BCUT2D eigenvalue weighted by Crippen LogP contribution is 2.29. The Morgan fingerprint density at radius 2 is 1.84 bits per heavy atom. The molecule has 19 heavy (non-hydrogen) atoms. The second-order valence-electron chi connectivity index (χ2n) is 6.80. The van der Waals surface area contributed by atoms with Gasteiger partial charge in [0, 0.05) is 57.8 Å². The minimum atomic E-state index is 0.356. The fourth-order valence-corrected chi connectivity index (χ4v) is 3.47. The van der Waals surface area contributed by atoms with Crippen LogP contribution >= 0.6 is 0 Å². The third-order valence-electron chi connectivity index (χ3n) is 4.38. The van der Waals surface area contributed by atoms with Gasteiger partial charge >= 0.3 is 0 Å². The first-order valence-corrected chi connectivity index (χ1v) is 7.81. The van der Waals surface area contributed by atoms with E-state index in [0.29, 0.717) is 5.41 Å². The lowest BCUT2D eigenvalue weighted by atomic mass is 9.86. The summed E-state index contributed by atoms with van der Waals surface area (Å²) in [6.45, 7) is 14.9. The van der Waals surface area contributed by atoms with Crippen molar-refractivity contribution in [3.63, 3.8) is 0 Å². The molecule has 0 radical (unpaired) electrons. The molecule has 2 aliphatic rings. The lowest BCUT2D eigenvalue weighted by Crippen LogP contribution is -2.52. The van der Waals surface area contributed by atoms with E-state index in [9.17, 15) is 0 Å². The molecule has 2 fully saturated rings.